The number of hydrogen-bond acceptors (Lipinski definition) is 5. The van der Waals surface area contributed by atoms with E-state index in [4.69, 9.17) is 4.74 Å². The normalized spacial score (nSPS) is 14.7. The molecule has 2 heterocycles. The molecule has 2 N–H and O–H groups in total. The van der Waals surface area contributed by atoms with Gasteiger partial charge in [0.05, 0.1) is 23.6 Å². The minimum atomic E-state index is -0.614. The van der Waals surface area contributed by atoms with Gasteiger partial charge in [0.2, 0.25) is 5.91 Å². The number of ether oxygens (including phenoxy) is 1. The summed E-state index contributed by atoms with van der Waals surface area (Å²) in [7, 11) is 0. The van der Waals surface area contributed by atoms with Crippen LogP contribution in [0.1, 0.15) is 45.5 Å². The first-order chi connectivity index (χ1) is 20.2. The van der Waals surface area contributed by atoms with Crippen molar-refractivity contribution in [3.05, 3.63) is 109 Å². The molecule has 0 aliphatic carbocycles. The Morgan fingerprint density at radius 3 is 2.38 bits per heavy atom. The Labute approximate surface area is 244 Å². The highest BCUT2D eigenvalue weighted by Gasteiger charge is 2.22. The SMILES string of the molecule is Cc1cc(C)c(NC(=O)Cn2c(=O)n(C[C@H]3CCCO3)c(=O)c3ccc(C(=O)NCCc4ccccc4)cc32)c(C)c1. The predicted molar refractivity (Wildman–Crippen MR) is 163 cm³/mol. The minimum absolute atomic E-state index is 0.104. The van der Waals surface area contributed by atoms with Gasteiger partial charge in [0.15, 0.2) is 0 Å². The molecule has 1 aliphatic rings. The van der Waals surface area contributed by atoms with Crippen LogP contribution in [-0.4, -0.2) is 40.2 Å². The number of benzene rings is 3. The van der Waals surface area contributed by atoms with E-state index in [0.29, 0.717) is 30.8 Å². The summed E-state index contributed by atoms with van der Waals surface area (Å²) in [5.41, 5.74) is 4.15. The third kappa shape index (κ3) is 6.36. The van der Waals surface area contributed by atoms with E-state index >= 15 is 0 Å². The molecule has 1 atom stereocenters. The summed E-state index contributed by atoms with van der Waals surface area (Å²) < 4.78 is 8.12. The molecule has 4 aromatic rings. The fourth-order valence-corrected chi connectivity index (χ4v) is 5.63. The van der Waals surface area contributed by atoms with Crippen LogP contribution < -0.4 is 21.9 Å². The maximum absolute atomic E-state index is 13.8. The molecule has 2 amide bonds. The highest BCUT2D eigenvalue weighted by Crippen LogP contribution is 2.22. The number of anilines is 1. The average molecular weight is 569 g/mol. The van der Waals surface area contributed by atoms with Crippen molar-refractivity contribution in [2.24, 2.45) is 0 Å². The third-order valence-corrected chi connectivity index (χ3v) is 7.68. The molecule has 218 valence electrons. The lowest BCUT2D eigenvalue weighted by atomic mass is 10.1. The van der Waals surface area contributed by atoms with E-state index in [1.807, 2.05) is 63.2 Å². The average Bonchev–Trinajstić information content (AvgIpc) is 3.49. The van der Waals surface area contributed by atoms with Crippen LogP contribution in [0.25, 0.3) is 10.9 Å². The highest BCUT2D eigenvalue weighted by molar-refractivity contribution is 5.98. The topological polar surface area (TPSA) is 111 Å². The summed E-state index contributed by atoms with van der Waals surface area (Å²) in [6, 6.07) is 18.4. The van der Waals surface area contributed by atoms with Gasteiger partial charge < -0.3 is 15.4 Å². The Kier molecular flexibility index (Phi) is 8.68. The highest BCUT2D eigenvalue weighted by atomic mass is 16.5. The number of hydrogen-bond donors (Lipinski definition) is 2. The number of aromatic nitrogens is 2. The van der Waals surface area contributed by atoms with Gasteiger partial charge in [-0.05, 0) is 74.9 Å². The van der Waals surface area contributed by atoms with E-state index in [1.54, 1.807) is 12.1 Å². The number of carbonyl (C=O) groups is 2. The largest absolute Gasteiger partial charge is 0.376 e. The molecular formula is C33H36N4O5. The fraction of sp³-hybridized carbons (Fsp3) is 0.333. The first kappa shape index (κ1) is 29.0. The van der Waals surface area contributed by atoms with E-state index in [2.05, 4.69) is 10.6 Å². The first-order valence-corrected chi connectivity index (χ1v) is 14.3. The van der Waals surface area contributed by atoms with E-state index in [0.717, 1.165) is 39.7 Å². The monoisotopic (exact) mass is 568 g/mol. The molecular weight excluding hydrogens is 532 g/mol. The van der Waals surface area contributed by atoms with Crippen LogP contribution in [0.5, 0.6) is 0 Å². The van der Waals surface area contributed by atoms with Crippen molar-refractivity contribution in [2.45, 2.75) is 59.2 Å². The maximum atomic E-state index is 13.8. The van der Waals surface area contributed by atoms with E-state index in [9.17, 15) is 19.2 Å². The Balaban J connectivity index is 1.48. The van der Waals surface area contributed by atoms with Crippen molar-refractivity contribution in [3.8, 4) is 0 Å². The molecule has 9 heteroatoms. The second-order valence-electron chi connectivity index (χ2n) is 11.0. The number of amides is 2. The molecule has 0 spiro atoms. The molecule has 9 nitrogen and oxygen atoms in total. The lowest BCUT2D eigenvalue weighted by Crippen LogP contribution is -2.44. The van der Waals surface area contributed by atoms with Crippen LogP contribution in [0.4, 0.5) is 5.69 Å². The van der Waals surface area contributed by atoms with Gasteiger partial charge in [0, 0.05) is 24.4 Å². The van der Waals surface area contributed by atoms with E-state index in [-0.39, 0.29) is 36.0 Å². The number of carbonyl (C=O) groups excluding carboxylic acids is 2. The summed E-state index contributed by atoms with van der Waals surface area (Å²) in [4.78, 5) is 53.6. The number of rotatable bonds is 9. The molecule has 3 aromatic carbocycles. The van der Waals surface area contributed by atoms with Crippen molar-refractivity contribution in [1.29, 1.82) is 0 Å². The van der Waals surface area contributed by atoms with Crippen molar-refractivity contribution >= 4 is 28.4 Å². The Bertz CT molecular complexity index is 1730. The van der Waals surface area contributed by atoms with Gasteiger partial charge in [-0.15, -0.1) is 0 Å². The molecule has 1 aliphatic heterocycles. The zero-order chi connectivity index (χ0) is 29.8. The van der Waals surface area contributed by atoms with E-state index in [1.165, 1.54) is 10.6 Å². The van der Waals surface area contributed by atoms with Crippen molar-refractivity contribution in [3.63, 3.8) is 0 Å². The molecule has 0 bridgehead atoms. The van der Waals surface area contributed by atoms with E-state index < -0.39 is 17.2 Å². The fourth-order valence-electron chi connectivity index (χ4n) is 5.63. The molecule has 1 saturated heterocycles. The molecule has 1 fully saturated rings. The number of nitrogens with zero attached hydrogens (tertiary/aromatic N) is 2. The molecule has 0 saturated carbocycles. The summed E-state index contributed by atoms with van der Waals surface area (Å²) in [5.74, 6) is -0.737. The third-order valence-electron chi connectivity index (χ3n) is 7.68. The van der Waals surface area contributed by atoms with Crippen LogP contribution in [0, 0.1) is 20.8 Å². The number of aryl methyl sites for hydroxylation is 3. The van der Waals surface area contributed by atoms with Gasteiger partial charge in [0.1, 0.15) is 6.54 Å². The van der Waals surface area contributed by atoms with Crippen molar-refractivity contribution in [1.82, 2.24) is 14.5 Å². The first-order valence-electron chi connectivity index (χ1n) is 14.3. The lowest BCUT2D eigenvalue weighted by Gasteiger charge is -2.18. The van der Waals surface area contributed by atoms with Gasteiger partial charge in [-0.1, -0.05) is 48.0 Å². The zero-order valence-electron chi connectivity index (χ0n) is 24.2. The van der Waals surface area contributed by atoms with Gasteiger partial charge in [-0.2, -0.15) is 0 Å². The number of nitrogens with one attached hydrogen (secondary N) is 2. The Hall–Kier alpha value is -4.50. The van der Waals surface area contributed by atoms with Gasteiger partial charge in [-0.3, -0.25) is 23.5 Å². The summed E-state index contributed by atoms with van der Waals surface area (Å²) in [6.45, 7) is 6.61. The van der Waals surface area contributed by atoms with Crippen LogP contribution in [0.3, 0.4) is 0 Å². The van der Waals surface area contributed by atoms with Crippen LogP contribution in [0.15, 0.2) is 70.3 Å². The van der Waals surface area contributed by atoms with Crippen LogP contribution in [0.2, 0.25) is 0 Å². The van der Waals surface area contributed by atoms with Crippen molar-refractivity contribution < 1.29 is 14.3 Å². The summed E-state index contributed by atoms with van der Waals surface area (Å²) >= 11 is 0. The van der Waals surface area contributed by atoms with Crippen LogP contribution in [-0.2, 0) is 29.0 Å². The molecule has 0 unspecified atom stereocenters. The maximum Gasteiger partial charge on any atom is 0.332 e. The summed E-state index contributed by atoms with van der Waals surface area (Å²) in [6.07, 6.45) is 2.03. The summed E-state index contributed by atoms with van der Waals surface area (Å²) in [5, 5.41) is 6.10. The Morgan fingerprint density at radius 2 is 1.69 bits per heavy atom. The second-order valence-corrected chi connectivity index (χ2v) is 11.0. The van der Waals surface area contributed by atoms with Gasteiger partial charge in [-0.25, -0.2) is 4.79 Å². The second kappa shape index (κ2) is 12.6. The molecule has 0 radical (unpaired) electrons. The van der Waals surface area contributed by atoms with Crippen molar-refractivity contribution in [2.75, 3.05) is 18.5 Å². The number of fused-ring (bicyclic) bond motifs is 1. The van der Waals surface area contributed by atoms with Crippen LogP contribution >= 0.6 is 0 Å². The zero-order valence-corrected chi connectivity index (χ0v) is 24.2. The standard InChI is InChI=1S/C33H36N4O5/c1-21-16-22(2)30(23(3)17-21)35-29(38)20-36-28-18-25(31(39)34-14-13-24-8-5-4-6-9-24)11-12-27(28)32(40)37(33(36)41)19-26-10-7-15-42-26/h4-6,8-9,11-12,16-18,26H,7,10,13-15,19-20H2,1-3H3,(H,34,39)(H,35,38)/t26-/m1/s1. The molecule has 5 rings (SSSR count). The molecule has 1 aromatic heterocycles. The minimum Gasteiger partial charge on any atom is -0.376 e. The smallest absolute Gasteiger partial charge is 0.332 e. The van der Waals surface area contributed by atoms with Gasteiger partial charge >= 0.3 is 5.69 Å². The predicted octanol–water partition coefficient (Wildman–Crippen LogP) is 3.88. The molecule has 42 heavy (non-hydrogen) atoms. The quantitative estimate of drug-likeness (QED) is 0.318. The lowest BCUT2D eigenvalue weighted by molar-refractivity contribution is -0.116. The van der Waals surface area contributed by atoms with Gasteiger partial charge in [0.25, 0.3) is 11.5 Å². The Morgan fingerprint density at radius 1 is 0.952 bits per heavy atom.